The van der Waals surface area contributed by atoms with Gasteiger partial charge in [0.25, 0.3) is 0 Å². The topological polar surface area (TPSA) is 78.3 Å². The average Bonchev–Trinajstić information content (AvgIpc) is 2.37. The zero-order valence-corrected chi connectivity index (χ0v) is 12.8. The molecule has 1 heterocycles. The Labute approximate surface area is 121 Å². The molecule has 1 rings (SSSR count). The van der Waals surface area contributed by atoms with Gasteiger partial charge in [-0.3, -0.25) is 0 Å². The second-order valence-corrected chi connectivity index (χ2v) is 6.38. The Bertz CT molecular complexity index is 359. The number of azide groups is 1. The van der Waals surface area contributed by atoms with Crippen LogP contribution in [0.5, 0.6) is 0 Å². The maximum atomic E-state index is 12.0. The summed E-state index contributed by atoms with van der Waals surface area (Å²) in [6.07, 6.45) is 5.07. The van der Waals surface area contributed by atoms with Gasteiger partial charge in [-0.1, -0.05) is 11.5 Å². The number of piperidine rings is 1. The van der Waals surface area contributed by atoms with E-state index in [0.717, 1.165) is 38.8 Å². The van der Waals surface area contributed by atoms with E-state index in [2.05, 4.69) is 10.0 Å². The Morgan fingerprint density at radius 2 is 2.20 bits per heavy atom. The molecule has 0 spiro atoms. The lowest BCUT2D eigenvalue weighted by Crippen LogP contribution is -2.42. The van der Waals surface area contributed by atoms with E-state index >= 15 is 0 Å². The zero-order chi connectivity index (χ0) is 15.0. The van der Waals surface area contributed by atoms with E-state index in [4.69, 9.17) is 10.3 Å². The van der Waals surface area contributed by atoms with E-state index in [1.807, 2.05) is 25.7 Å². The Balaban J connectivity index is 2.31. The molecule has 1 aliphatic rings. The largest absolute Gasteiger partial charge is 0.444 e. The van der Waals surface area contributed by atoms with Crippen LogP contribution in [0.4, 0.5) is 4.79 Å². The third-order valence-corrected chi connectivity index (χ3v) is 3.35. The van der Waals surface area contributed by atoms with Crippen molar-refractivity contribution < 1.29 is 9.53 Å². The first kappa shape index (κ1) is 16.6. The van der Waals surface area contributed by atoms with E-state index in [-0.39, 0.29) is 6.09 Å². The molecular weight excluding hydrogens is 256 g/mol. The molecule has 1 fully saturated rings. The normalized spacial score (nSPS) is 19.4. The average molecular weight is 282 g/mol. The van der Waals surface area contributed by atoms with Gasteiger partial charge in [-0.2, -0.15) is 0 Å². The van der Waals surface area contributed by atoms with Crippen molar-refractivity contribution in [1.29, 1.82) is 0 Å². The quantitative estimate of drug-likeness (QED) is 0.329. The SMILES string of the molecule is CC(C)(C)OC(=O)N1CCCC(CCCCN=[N+]=[N-])C1. The summed E-state index contributed by atoms with van der Waals surface area (Å²) in [4.78, 5) is 16.6. The number of ether oxygens (including phenoxy) is 1. The van der Waals surface area contributed by atoms with Crippen molar-refractivity contribution in [3.63, 3.8) is 0 Å². The van der Waals surface area contributed by atoms with Crippen LogP contribution in [0, 0.1) is 5.92 Å². The molecule has 6 nitrogen and oxygen atoms in total. The summed E-state index contributed by atoms with van der Waals surface area (Å²) in [7, 11) is 0. The second-order valence-electron chi connectivity index (χ2n) is 6.38. The third kappa shape index (κ3) is 6.66. The number of carbonyl (C=O) groups is 1. The number of hydrogen-bond acceptors (Lipinski definition) is 3. The Morgan fingerprint density at radius 3 is 2.85 bits per heavy atom. The molecule has 114 valence electrons. The van der Waals surface area contributed by atoms with E-state index in [9.17, 15) is 4.79 Å². The van der Waals surface area contributed by atoms with Crippen molar-refractivity contribution in [3.8, 4) is 0 Å². The molecule has 0 radical (unpaired) electrons. The van der Waals surface area contributed by atoms with Crippen molar-refractivity contribution in [3.05, 3.63) is 10.4 Å². The summed E-state index contributed by atoms with van der Waals surface area (Å²) in [6, 6.07) is 0. The molecule has 1 saturated heterocycles. The van der Waals surface area contributed by atoms with Crippen LogP contribution in [-0.4, -0.2) is 36.2 Å². The van der Waals surface area contributed by atoms with Crippen molar-refractivity contribution in [1.82, 2.24) is 4.90 Å². The minimum Gasteiger partial charge on any atom is -0.444 e. The van der Waals surface area contributed by atoms with Crippen LogP contribution in [0.2, 0.25) is 0 Å². The van der Waals surface area contributed by atoms with E-state index in [1.54, 1.807) is 0 Å². The van der Waals surface area contributed by atoms with Crippen LogP contribution in [0.1, 0.15) is 52.9 Å². The van der Waals surface area contributed by atoms with Crippen LogP contribution in [0.15, 0.2) is 5.11 Å². The van der Waals surface area contributed by atoms with Gasteiger partial charge in [-0.25, -0.2) is 4.79 Å². The maximum Gasteiger partial charge on any atom is 0.410 e. The summed E-state index contributed by atoms with van der Waals surface area (Å²) < 4.78 is 5.41. The molecule has 1 unspecified atom stereocenters. The number of unbranched alkanes of at least 4 members (excludes halogenated alkanes) is 1. The van der Waals surface area contributed by atoms with Gasteiger partial charge in [0.2, 0.25) is 0 Å². The molecule has 0 saturated carbocycles. The van der Waals surface area contributed by atoms with Gasteiger partial charge in [0, 0.05) is 24.5 Å². The van der Waals surface area contributed by atoms with Gasteiger partial charge in [-0.15, -0.1) is 0 Å². The highest BCUT2D eigenvalue weighted by molar-refractivity contribution is 5.68. The number of rotatable bonds is 5. The van der Waals surface area contributed by atoms with Gasteiger partial charge in [0.05, 0.1) is 0 Å². The molecule has 1 aliphatic heterocycles. The number of hydrogen-bond donors (Lipinski definition) is 0. The fourth-order valence-corrected chi connectivity index (χ4v) is 2.45. The van der Waals surface area contributed by atoms with Crippen molar-refractivity contribution in [2.45, 2.75) is 58.5 Å². The van der Waals surface area contributed by atoms with Crippen molar-refractivity contribution >= 4 is 6.09 Å². The molecule has 0 bridgehead atoms. The first-order valence-corrected chi connectivity index (χ1v) is 7.41. The standard InChI is InChI=1S/C14H26N4O2/c1-14(2,3)20-13(19)18-10-6-8-12(11-18)7-4-5-9-16-17-15/h12H,4-11H2,1-3H3. The lowest BCUT2D eigenvalue weighted by atomic mass is 9.93. The van der Waals surface area contributed by atoms with Gasteiger partial charge >= 0.3 is 6.09 Å². The molecule has 0 aromatic carbocycles. The second kappa shape index (κ2) is 8.00. The minimum absolute atomic E-state index is 0.198. The number of nitrogens with zero attached hydrogens (tertiary/aromatic N) is 4. The fourth-order valence-electron chi connectivity index (χ4n) is 2.45. The van der Waals surface area contributed by atoms with Crippen LogP contribution >= 0.6 is 0 Å². The van der Waals surface area contributed by atoms with E-state index in [1.165, 1.54) is 6.42 Å². The minimum atomic E-state index is -0.431. The smallest absolute Gasteiger partial charge is 0.410 e. The number of amides is 1. The third-order valence-electron chi connectivity index (χ3n) is 3.35. The fraction of sp³-hybridized carbons (Fsp3) is 0.929. The lowest BCUT2D eigenvalue weighted by Gasteiger charge is -2.34. The highest BCUT2D eigenvalue weighted by Gasteiger charge is 2.27. The Kier molecular flexibility index (Phi) is 6.65. The monoisotopic (exact) mass is 282 g/mol. The molecular formula is C14H26N4O2. The highest BCUT2D eigenvalue weighted by Crippen LogP contribution is 2.23. The number of likely N-dealkylation sites (tertiary alicyclic amines) is 1. The van der Waals surface area contributed by atoms with Crippen LogP contribution in [0.3, 0.4) is 0 Å². The predicted molar refractivity (Wildman–Crippen MR) is 78.4 cm³/mol. The summed E-state index contributed by atoms with van der Waals surface area (Å²) in [6.45, 7) is 7.83. The van der Waals surface area contributed by atoms with Crippen LogP contribution < -0.4 is 0 Å². The van der Waals surface area contributed by atoms with E-state index < -0.39 is 5.60 Å². The summed E-state index contributed by atoms with van der Waals surface area (Å²) >= 11 is 0. The Hall–Kier alpha value is -1.42. The van der Waals surface area contributed by atoms with Gasteiger partial charge in [0.1, 0.15) is 5.60 Å². The van der Waals surface area contributed by atoms with E-state index in [0.29, 0.717) is 12.5 Å². The molecule has 1 atom stereocenters. The summed E-state index contributed by atoms with van der Waals surface area (Å²) in [5.41, 5.74) is 7.77. The molecule has 1 amide bonds. The summed E-state index contributed by atoms with van der Waals surface area (Å²) in [5, 5.41) is 3.53. The lowest BCUT2D eigenvalue weighted by molar-refractivity contribution is 0.0160. The molecule has 6 heteroatoms. The van der Waals surface area contributed by atoms with Crippen LogP contribution in [-0.2, 0) is 4.74 Å². The van der Waals surface area contributed by atoms with Crippen molar-refractivity contribution in [2.24, 2.45) is 11.0 Å². The highest BCUT2D eigenvalue weighted by atomic mass is 16.6. The van der Waals surface area contributed by atoms with Crippen LogP contribution in [0.25, 0.3) is 10.4 Å². The first-order valence-electron chi connectivity index (χ1n) is 7.41. The molecule has 0 aromatic rings. The molecule has 0 aromatic heterocycles. The molecule has 0 N–H and O–H groups in total. The maximum absolute atomic E-state index is 12.0. The van der Waals surface area contributed by atoms with Gasteiger partial charge < -0.3 is 9.64 Å². The summed E-state index contributed by atoms with van der Waals surface area (Å²) in [5.74, 6) is 0.544. The number of carbonyl (C=O) groups excluding carboxylic acids is 1. The molecule has 20 heavy (non-hydrogen) atoms. The van der Waals surface area contributed by atoms with Crippen molar-refractivity contribution in [2.75, 3.05) is 19.6 Å². The van der Waals surface area contributed by atoms with Gasteiger partial charge in [0.15, 0.2) is 0 Å². The Morgan fingerprint density at radius 1 is 1.45 bits per heavy atom. The van der Waals surface area contributed by atoms with Gasteiger partial charge in [-0.05, 0) is 57.9 Å². The first-order chi connectivity index (χ1) is 9.42. The molecule has 0 aliphatic carbocycles. The zero-order valence-electron chi connectivity index (χ0n) is 12.8. The predicted octanol–water partition coefficient (Wildman–Crippen LogP) is 4.11.